The summed E-state index contributed by atoms with van der Waals surface area (Å²) >= 11 is 1.73. The zero-order valence-corrected chi connectivity index (χ0v) is 11.4. The van der Waals surface area contributed by atoms with E-state index in [0.717, 1.165) is 24.4 Å². The predicted molar refractivity (Wildman–Crippen MR) is 72.3 cm³/mol. The third-order valence-corrected chi connectivity index (χ3v) is 2.85. The van der Waals surface area contributed by atoms with Crippen molar-refractivity contribution in [3.63, 3.8) is 0 Å². The fourth-order valence-corrected chi connectivity index (χ4v) is 1.85. The second-order valence-corrected chi connectivity index (χ2v) is 4.83. The number of rotatable bonds is 7. The molecule has 0 saturated heterocycles. The first-order chi connectivity index (χ1) is 8.15. The van der Waals surface area contributed by atoms with E-state index in [1.165, 1.54) is 6.07 Å². The van der Waals surface area contributed by atoms with Crippen molar-refractivity contribution in [2.24, 2.45) is 0 Å². The molecule has 0 aliphatic heterocycles. The Labute approximate surface area is 107 Å². The van der Waals surface area contributed by atoms with Crippen LogP contribution in [0.3, 0.4) is 0 Å². The number of thioether (sulfide) groups is 1. The van der Waals surface area contributed by atoms with Gasteiger partial charge in [0.1, 0.15) is 17.7 Å². The van der Waals surface area contributed by atoms with Crippen LogP contribution < -0.4 is 10.1 Å². The molecule has 0 heterocycles. The van der Waals surface area contributed by atoms with Crippen molar-refractivity contribution in [1.29, 1.82) is 0 Å². The molecule has 4 heteroatoms. The Morgan fingerprint density at radius 3 is 2.82 bits per heavy atom. The Kier molecular flexibility index (Phi) is 6.37. The molecule has 17 heavy (non-hydrogen) atoms. The number of ether oxygens (including phenoxy) is 1. The van der Waals surface area contributed by atoms with Gasteiger partial charge in [-0.2, -0.15) is 0 Å². The van der Waals surface area contributed by atoms with Gasteiger partial charge in [-0.25, -0.2) is 4.39 Å². The topological polar surface area (TPSA) is 21.3 Å². The molecule has 0 spiro atoms. The first-order valence-corrected chi connectivity index (χ1v) is 7.20. The van der Waals surface area contributed by atoms with Crippen molar-refractivity contribution < 1.29 is 9.13 Å². The van der Waals surface area contributed by atoms with Gasteiger partial charge < -0.3 is 10.1 Å². The number of hydrogen-bond acceptors (Lipinski definition) is 3. The lowest BCUT2D eigenvalue weighted by molar-refractivity contribution is 0.219. The minimum atomic E-state index is -0.233. The molecule has 0 bridgehead atoms. The van der Waals surface area contributed by atoms with E-state index in [1.807, 2.05) is 26.2 Å². The molecule has 1 aromatic rings. The number of halogens is 1. The van der Waals surface area contributed by atoms with E-state index in [2.05, 4.69) is 5.32 Å². The second-order valence-electron chi connectivity index (χ2n) is 3.96. The average Bonchev–Trinajstić information content (AvgIpc) is 2.28. The molecule has 2 nitrogen and oxygen atoms in total. The van der Waals surface area contributed by atoms with Crippen molar-refractivity contribution >= 4 is 11.8 Å². The predicted octanol–water partition coefficient (Wildman–Crippen LogP) is 3.07. The fraction of sp³-hybridized carbons (Fsp3) is 0.538. The van der Waals surface area contributed by atoms with E-state index in [-0.39, 0.29) is 11.9 Å². The van der Waals surface area contributed by atoms with Crippen LogP contribution >= 0.6 is 11.8 Å². The SMILES string of the molecule is CCc1cc(F)cc(O[C@@H](C)CNCSC)c1. The smallest absolute Gasteiger partial charge is 0.127 e. The Morgan fingerprint density at radius 2 is 2.18 bits per heavy atom. The summed E-state index contributed by atoms with van der Waals surface area (Å²) in [6.07, 6.45) is 2.89. The molecule has 1 rings (SSSR count). The Hall–Kier alpha value is -0.740. The highest BCUT2D eigenvalue weighted by Crippen LogP contribution is 2.18. The van der Waals surface area contributed by atoms with E-state index >= 15 is 0 Å². The van der Waals surface area contributed by atoms with Gasteiger partial charge in [0.05, 0.1) is 0 Å². The first kappa shape index (κ1) is 14.3. The van der Waals surface area contributed by atoms with Gasteiger partial charge in [0.2, 0.25) is 0 Å². The van der Waals surface area contributed by atoms with Crippen LogP contribution in [-0.2, 0) is 6.42 Å². The zero-order chi connectivity index (χ0) is 12.7. The molecule has 0 aliphatic rings. The molecule has 0 fully saturated rings. The summed E-state index contributed by atoms with van der Waals surface area (Å²) in [5, 5.41) is 3.24. The highest BCUT2D eigenvalue weighted by Gasteiger charge is 2.06. The maximum Gasteiger partial charge on any atom is 0.127 e. The van der Waals surface area contributed by atoms with Gasteiger partial charge >= 0.3 is 0 Å². The minimum absolute atomic E-state index is 0.0358. The summed E-state index contributed by atoms with van der Waals surface area (Å²) in [6, 6.07) is 4.88. The molecule has 0 aliphatic carbocycles. The van der Waals surface area contributed by atoms with Gasteiger partial charge in [-0.3, -0.25) is 0 Å². The van der Waals surface area contributed by atoms with E-state index < -0.39 is 0 Å². The van der Waals surface area contributed by atoms with Gasteiger partial charge in [0.15, 0.2) is 0 Å². The molecule has 0 unspecified atom stereocenters. The number of aryl methyl sites for hydroxylation is 1. The van der Waals surface area contributed by atoms with Crippen LogP contribution in [0, 0.1) is 5.82 Å². The largest absolute Gasteiger partial charge is 0.489 e. The highest BCUT2D eigenvalue weighted by molar-refractivity contribution is 7.98. The van der Waals surface area contributed by atoms with Crippen molar-refractivity contribution in [2.45, 2.75) is 26.4 Å². The zero-order valence-electron chi connectivity index (χ0n) is 10.6. The van der Waals surface area contributed by atoms with E-state index in [1.54, 1.807) is 17.8 Å². The normalized spacial score (nSPS) is 12.5. The molecular weight excluding hydrogens is 237 g/mol. The molecule has 1 atom stereocenters. The lowest BCUT2D eigenvalue weighted by Crippen LogP contribution is -2.28. The van der Waals surface area contributed by atoms with E-state index in [0.29, 0.717) is 5.75 Å². The Bertz CT molecular complexity index is 346. The Balaban J connectivity index is 2.52. The van der Waals surface area contributed by atoms with Crippen LogP contribution in [0.15, 0.2) is 18.2 Å². The molecule has 96 valence electrons. The highest BCUT2D eigenvalue weighted by atomic mass is 32.2. The number of hydrogen-bond donors (Lipinski definition) is 1. The number of benzene rings is 1. The van der Waals surface area contributed by atoms with E-state index in [9.17, 15) is 4.39 Å². The Morgan fingerprint density at radius 1 is 1.41 bits per heavy atom. The van der Waals surface area contributed by atoms with Crippen molar-refractivity contribution in [3.05, 3.63) is 29.6 Å². The van der Waals surface area contributed by atoms with Crippen LogP contribution in [0.5, 0.6) is 5.75 Å². The van der Waals surface area contributed by atoms with Gasteiger partial charge in [-0.05, 0) is 37.3 Å². The molecular formula is C13H20FNOS. The molecule has 0 saturated carbocycles. The van der Waals surface area contributed by atoms with Gasteiger partial charge in [-0.1, -0.05) is 6.92 Å². The average molecular weight is 257 g/mol. The lowest BCUT2D eigenvalue weighted by atomic mass is 10.1. The summed E-state index contributed by atoms with van der Waals surface area (Å²) in [7, 11) is 0. The third-order valence-electron chi connectivity index (χ3n) is 2.35. The van der Waals surface area contributed by atoms with Crippen molar-refractivity contribution in [3.8, 4) is 5.75 Å². The van der Waals surface area contributed by atoms with Gasteiger partial charge in [0, 0.05) is 18.5 Å². The van der Waals surface area contributed by atoms with Crippen LogP contribution in [0.2, 0.25) is 0 Å². The molecule has 0 aromatic heterocycles. The maximum absolute atomic E-state index is 13.3. The van der Waals surface area contributed by atoms with E-state index in [4.69, 9.17) is 4.74 Å². The summed E-state index contributed by atoms with van der Waals surface area (Å²) in [5.41, 5.74) is 0.962. The summed E-state index contributed by atoms with van der Waals surface area (Å²) in [6.45, 7) is 4.74. The fourth-order valence-electron chi connectivity index (χ4n) is 1.53. The number of nitrogens with one attached hydrogen (secondary N) is 1. The second kappa shape index (κ2) is 7.56. The van der Waals surface area contributed by atoms with Gasteiger partial charge in [-0.15, -0.1) is 11.8 Å². The summed E-state index contributed by atoms with van der Waals surface area (Å²) in [5.74, 6) is 1.28. The van der Waals surface area contributed by atoms with Gasteiger partial charge in [0.25, 0.3) is 0 Å². The third kappa shape index (κ3) is 5.41. The molecule has 0 radical (unpaired) electrons. The van der Waals surface area contributed by atoms with Crippen LogP contribution in [0.4, 0.5) is 4.39 Å². The minimum Gasteiger partial charge on any atom is -0.489 e. The van der Waals surface area contributed by atoms with Crippen LogP contribution in [0.25, 0.3) is 0 Å². The molecule has 1 N–H and O–H groups in total. The van der Waals surface area contributed by atoms with Crippen LogP contribution in [-0.4, -0.2) is 24.8 Å². The monoisotopic (exact) mass is 257 g/mol. The maximum atomic E-state index is 13.3. The lowest BCUT2D eigenvalue weighted by Gasteiger charge is -2.15. The standard InChI is InChI=1S/C13H20FNOS/c1-4-11-5-12(14)7-13(6-11)16-10(2)8-15-9-17-3/h5-7,10,15H,4,8-9H2,1-3H3/t10-/m0/s1. The van der Waals surface area contributed by atoms with Crippen LogP contribution in [0.1, 0.15) is 19.4 Å². The summed E-state index contributed by atoms with van der Waals surface area (Å²) < 4.78 is 18.9. The molecule has 0 amide bonds. The summed E-state index contributed by atoms with van der Waals surface area (Å²) in [4.78, 5) is 0. The van der Waals surface area contributed by atoms with Crippen molar-refractivity contribution in [2.75, 3.05) is 18.7 Å². The first-order valence-electron chi connectivity index (χ1n) is 5.81. The molecule has 1 aromatic carbocycles. The quantitative estimate of drug-likeness (QED) is 0.599. The van der Waals surface area contributed by atoms with Crippen molar-refractivity contribution in [1.82, 2.24) is 5.32 Å².